The molecule has 33 heavy (non-hydrogen) atoms. The Balaban J connectivity index is 1.25. The van der Waals surface area contributed by atoms with Crippen LogP contribution in [0.25, 0.3) is 16.8 Å². The van der Waals surface area contributed by atoms with E-state index in [1.165, 1.54) is 28.0 Å². The Morgan fingerprint density at radius 1 is 1.06 bits per heavy atom. The highest BCUT2D eigenvalue weighted by Gasteiger charge is 2.35. The maximum absolute atomic E-state index is 10.8. The second-order valence-corrected chi connectivity index (χ2v) is 9.99. The number of hydrogen-bond acceptors (Lipinski definition) is 5. The topological polar surface area (TPSA) is 63.5 Å². The van der Waals surface area contributed by atoms with Crippen LogP contribution in [0.1, 0.15) is 34.5 Å². The van der Waals surface area contributed by atoms with Crippen molar-refractivity contribution in [2.75, 3.05) is 19.6 Å². The number of hydrogen-bond donors (Lipinski definition) is 2. The number of aryl methyl sites for hydroxylation is 2. The van der Waals surface area contributed by atoms with Gasteiger partial charge in [-0.2, -0.15) is 0 Å². The third-order valence-electron chi connectivity index (χ3n) is 6.90. The maximum atomic E-state index is 10.8. The predicted octanol–water partition coefficient (Wildman–Crippen LogP) is 5.65. The van der Waals surface area contributed by atoms with Gasteiger partial charge in [-0.15, -0.1) is 11.3 Å². The molecule has 1 fully saturated rings. The van der Waals surface area contributed by atoms with Crippen LogP contribution < -0.4 is 0 Å². The van der Waals surface area contributed by atoms with Crippen molar-refractivity contribution in [3.63, 3.8) is 0 Å². The van der Waals surface area contributed by atoms with Crippen molar-refractivity contribution in [2.45, 2.75) is 39.3 Å². The minimum atomic E-state index is 0.271. The van der Waals surface area contributed by atoms with Crippen molar-refractivity contribution in [3.05, 3.63) is 81.4 Å². The molecule has 5 nitrogen and oxygen atoms in total. The summed E-state index contributed by atoms with van der Waals surface area (Å²) in [5.74, 6) is 0.683. The number of amidine groups is 1. The van der Waals surface area contributed by atoms with Gasteiger partial charge in [0.05, 0.1) is 17.8 Å². The summed E-state index contributed by atoms with van der Waals surface area (Å²) in [5, 5.41) is 22.4. The van der Waals surface area contributed by atoms with Crippen molar-refractivity contribution in [2.24, 2.45) is 0 Å². The third-order valence-corrected chi connectivity index (χ3v) is 7.76. The van der Waals surface area contributed by atoms with Gasteiger partial charge in [-0.3, -0.25) is 10.3 Å². The molecule has 3 aromatic rings. The van der Waals surface area contributed by atoms with Gasteiger partial charge in [0.2, 0.25) is 0 Å². The lowest BCUT2D eigenvalue weighted by Gasteiger charge is -2.37. The highest BCUT2D eigenvalue weighted by atomic mass is 32.1. The number of aliphatic hydroxyl groups excluding tert-OH is 1. The van der Waals surface area contributed by atoms with E-state index in [-0.39, 0.29) is 11.8 Å². The summed E-state index contributed by atoms with van der Waals surface area (Å²) in [6, 6.07) is 17.2. The van der Waals surface area contributed by atoms with Crippen LogP contribution in [0.2, 0.25) is 0 Å². The molecule has 0 aliphatic carbocycles. The van der Waals surface area contributed by atoms with Crippen molar-refractivity contribution in [3.8, 4) is 11.3 Å². The summed E-state index contributed by atoms with van der Waals surface area (Å²) in [5.41, 5.74) is 6.42. The zero-order valence-corrected chi connectivity index (χ0v) is 20.0. The van der Waals surface area contributed by atoms with E-state index in [4.69, 9.17) is 10.4 Å². The molecule has 2 aromatic carbocycles. The standard InChI is InChI=1S/C27H30N4OS/c1-18-8-9-21(14-19(18)2)23-17-33-27(29-23)25-24(32)16-31(26(25)28)22-10-12-30(13-11-22)15-20-6-4-3-5-7-20/h3-9,14,17,22,28,32H,10-13,15-16H2,1-2H3. The van der Waals surface area contributed by atoms with Crippen LogP contribution in [0.3, 0.4) is 0 Å². The van der Waals surface area contributed by atoms with Crippen LogP contribution in [0.5, 0.6) is 0 Å². The average Bonchev–Trinajstić information content (AvgIpc) is 3.41. The van der Waals surface area contributed by atoms with Crippen LogP contribution in [-0.4, -0.2) is 51.4 Å². The van der Waals surface area contributed by atoms with Crippen molar-refractivity contribution < 1.29 is 5.11 Å². The SMILES string of the molecule is Cc1ccc(-c2csc(C3=C(O)CN(C4CCN(Cc5ccccc5)CC4)C3=N)n2)cc1C. The van der Waals surface area contributed by atoms with E-state index in [1.807, 2.05) is 5.38 Å². The van der Waals surface area contributed by atoms with E-state index in [0.717, 1.165) is 48.7 Å². The molecule has 0 saturated carbocycles. The molecule has 170 valence electrons. The molecule has 0 bridgehead atoms. The molecule has 0 radical (unpaired) electrons. The fourth-order valence-corrected chi connectivity index (χ4v) is 5.68. The van der Waals surface area contributed by atoms with E-state index >= 15 is 0 Å². The lowest BCUT2D eigenvalue weighted by atomic mass is 10.0. The minimum Gasteiger partial charge on any atom is -0.510 e. The first-order valence-electron chi connectivity index (χ1n) is 11.6. The number of rotatable bonds is 5. The van der Waals surface area contributed by atoms with Gasteiger partial charge >= 0.3 is 0 Å². The van der Waals surface area contributed by atoms with E-state index < -0.39 is 0 Å². The number of piperidine rings is 1. The summed E-state index contributed by atoms with van der Waals surface area (Å²) < 4.78 is 0. The first kappa shape index (κ1) is 21.9. The first-order valence-corrected chi connectivity index (χ1v) is 12.4. The van der Waals surface area contributed by atoms with E-state index in [2.05, 4.69) is 72.2 Å². The highest BCUT2D eigenvalue weighted by molar-refractivity contribution is 7.11. The fraction of sp³-hybridized carbons (Fsp3) is 0.333. The van der Waals surface area contributed by atoms with Gasteiger partial charge in [0, 0.05) is 36.6 Å². The fourth-order valence-electron chi connectivity index (χ4n) is 4.79. The Morgan fingerprint density at radius 2 is 1.82 bits per heavy atom. The number of nitrogens with one attached hydrogen (secondary N) is 1. The van der Waals surface area contributed by atoms with Gasteiger partial charge in [0.25, 0.3) is 0 Å². The van der Waals surface area contributed by atoms with Gasteiger partial charge in [-0.1, -0.05) is 42.5 Å². The number of aromatic nitrogens is 1. The van der Waals surface area contributed by atoms with Gasteiger partial charge in [0.1, 0.15) is 16.6 Å². The monoisotopic (exact) mass is 458 g/mol. The highest BCUT2D eigenvalue weighted by Crippen LogP contribution is 2.35. The van der Waals surface area contributed by atoms with Crippen molar-refractivity contribution in [1.29, 1.82) is 5.41 Å². The molecule has 2 aliphatic rings. The van der Waals surface area contributed by atoms with Crippen LogP contribution in [-0.2, 0) is 6.54 Å². The second kappa shape index (κ2) is 9.12. The van der Waals surface area contributed by atoms with Crippen LogP contribution in [0, 0.1) is 19.3 Å². The molecule has 2 aliphatic heterocycles. The van der Waals surface area contributed by atoms with Gasteiger partial charge in [0.15, 0.2) is 0 Å². The Labute approximate surface area is 199 Å². The van der Waals surface area contributed by atoms with E-state index in [1.54, 1.807) is 0 Å². The summed E-state index contributed by atoms with van der Waals surface area (Å²) in [6.07, 6.45) is 2.00. The molecule has 6 heteroatoms. The molecule has 0 unspecified atom stereocenters. The molecule has 0 atom stereocenters. The van der Waals surface area contributed by atoms with E-state index in [9.17, 15) is 5.11 Å². The molecule has 0 amide bonds. The second-order valence-electron chi connectivity index (χ2n) is 9.13. The molecular formula is C27H30N4OS. The van der Waals surface area contributed by atoms with Crippen LogP contribution in [0.15, 0.2) is 59.7 Å². The molecule has 1 aromatic heterocycles. The largest absolute Gasteiger partial charge is 0.510 e. The predicted molar refractivity (Wildman–Crippen MR) is 136 cm³/mol. The van der Waals surface area contributed by atoms with Crippen molar-refractivity contribution >= 4 is 22.7 Å². The maximum Gasteiger partial charge on any atom is 0.135 e. The third kappa shape index (κ3) is 4.45. The van der Waals surface area contributed by atoms with Crippen molar-refractivity contribution in [1.82, 2.24) is 14.8 Å². The Hall–Kier alpha value is -2.96. The lowest BCUT2D eigenvalue weighted by molar-refractivity contribution is 0.149. The Morgan fingerprint density at radius 3 is 2.55 bits per heavy atom. The number of nitrogens with zero attached hydrogens (tertiary/aromatic N) is 3. The summed E-state index contributed by atoms with van der Waals surface area (Å²) in [7, 11) is 0. The van der Waals surface area contributed by atoms with Crippen LogP contribution in [0.4, 0.5) is 0 Å². The average molecular weight is 459 g/mol. The molecule has 2 N–H and O–H groups in total. The summed E-state index contributed by atoms with van der Waals surface area (Å²) in [4.78, 5) is 9.35. The molecule has 0 spiro atoms. The smallest absolute Gasteiger partial charge is 0.135 e. The molecular weight excluding hydrogens is 428 g/mol. The summed E-state index contributed by atoms with van der Waals surface area (Å²) >= 11 is 1.50. The number of benzene rings is 2. The first-order chi connectivity index (χ1) is 16.0. The molecule has 3 heterocycles. The minimum absolute atomic E-state index is 0.271. The molecule has 1 saturated heterocycles. The Bertz CT molecular complexity index is 1190. The lowest BCUT2D eigenvalue weighted by Crippen LogP contribution is -2.45. The summed E-state index contributed by atoms with van der Waals surface area (Å²) in [6.45, 7) is 7.61. The van der Waals surface area contributed by atoms with E-state index in [0.29, 0.717) is 18.0 Å². The Kier molecular flexibility index (Phi) is 6.04. The molecule has 5 rings (SSSR count). The van der Waals surface area contributed by atoms with Gasteiger partial charge in [-0.05, 0) is 49.4 Å². The zero-order chi connectivity index (χ0) is 22.9. The quantitative estimate of drug-likeness (QED) is 0.518. The van der Waals surface area contributed by atoms with Gasteiger partial charge < -0.3 is 10.0 Å². The van der Waals surface area contributed by atoms with Gasteiger partial charge in [-0.25, -0.2) is 4.98 Å². The number of likely N-dealkylation sites (tertiary alicyclic amines) is 1. The normalized spacial score (nSPS) is 17.9. The van der Waals surface area contributed by atoms with Crippen LogP contribution >= 0.6 is 11.3 Å². The zero-order valence-electron chi connectivity index (χ0n) is 19.2. The number of aliphatic hydroxyl groups is 1. The number of thiazole rings is 1.